The van der Waals surface area contributed by atoms with Gasteiger partial charge in [0.05, 0.1) is 0 Å². The molecular weight excluding hydrogens is 184 g/mol. The fraction of sp³-hybridized carbons (Fsp3) is 0.692. The quantitative estimate of drug-likeness (QED) is 0.778. The van der Waals surface area contributed by atoms with Gasteiger partial charge < -0.3 is 10.3 Å². The summed E-state index contributed by atoms with van der Waals surface area (Å²) in [7, 11) is 0. The largest absolute Gasteiger partial charge is 0.367 e. The third kappa shape index (κ3) is 2.85. The average Bonchev–Trinajstić information content (AvgIpc) is 2.79. The van der Waals surface area contributed by atoms with Crippen molar-refractivity contribution in [2.24, 2.45) is 5.92 Å². The van der Waals surface area contributed by atoms with E-state index in [1.807, 2.05) is 6.20 Å². The van der Waals surface area contributed by atoms with Crippen LogP contribution in [0, 0.1) is 5.92 Å². The van der Waals surface area contributed by atoms with E-state index in [4.69, 9.17) is 0 Å². The van der Waals surface area contributed by atoms with Gasteiger partial charge in [-0.25, -0.2) is 0 Å². The van der Waals surface area contributed by atoms with E-state index in [1.54, 1.807) is 0 Å². The van der Waals surface area contributed by atoms with Gasteiger partial charge in [0.25, 0.3) is 0 Å². The lowest BCUT2D eigenvalue weighted by molar-refractivity contribution is 0.254. The Kier molecular flexibility index (Phi) is 3.84. The fourth-order valence-electron chi connectivity index (χ4n) is 2.68. The van der Waals surface area contributed by atoms with Crippen molar-refractivity contribution < 1.29 is 0 Å². The van der Waals surface area contributed by atoms with Crippen LogP contribution in [0.1, 0.15) is 44.6 Å². The number of hydrogen-bond acceptors (Lipinski definition) is 1. The Labute approximate surface area is 92.5 Å². The van der Waals surface area contributed by atoms with Crippen LogP contribution in [0.25, 0.3) is 0 Å². The second-order valence-electron chi connectivity index (χ2n) is 4.66. The Morgan fingerprint density at radius 3 is 3.00 bits per heavy atom. The molecule has 15 heavy (non-hydrogen) atoms. The highest BCUT2D eigenvalue weighted by molar-refractivity contribution is 5.07. The Morgan fingerprint density at radius 1 is 1.40 bits per heavy atom. The molecule has 1 saturated carbocycles. The minimum absolute atomic E-state index is 0.749. The van der Waals surface area contributed by atoms with Crippen LogP contribution in [0.15, 0.2) is 18.5 Å². The van der Waals surface area contributed by atoms with Crippen LogP contribution < -0.4 is 5.32 Å². The molecule has 0 aliphatic heterocycles. The maximum absolute atomic E-state index is 3.70. The third-order valence-electron chi connectivity index (χ3n) is 3.66. The van der Waals surface area contributed by atoms with Crippen LogP contribution in [-0.4, -0.2) is 11.0 Å². The highest BCUT2D eigenvalue weighted by Crippen LogP contribution is 2.26. The molecule has 2 rings (SSSR count). The molecule has 1 aromatic rings. The van der Waals surface area contributed by atoms with E-state index in [1.165, 1.54) is 37.7 Å². The molecule has 2 nitrogen and oxygen atoms in total. The van der Waals surface area contributed by atoms with Gasteiger partial charge in [-0.2, -0.15) is 0 Å². The van der Waals surface area contributed by atoms with Gasteiger partial charge in [0.15, 0.2) is 0 Å². The summed E-state index contributed by atoms with van der Waals surface area (Å²) in [5.74, 6) is 0.901. The summed E-state index contributed by atoms with van der Waals surface area (Å²) in [6.07, 6.45) is 11.0. The molecule has 2 atom stereocenters. The first-order chi connectivity index (χ1) is 7.40. The van der Waals surface area contributed by atoms with E-state index in [9.17, 15) is 0 Å². The number of rotatable bonds is 4. The molecule has 1 fully saturated rings. The molecule has 0 radical (unpaired) electrons. The van der Waals surface area contributed by atoms with Crippen LogP contribution in [0.3, 0.4) is 0 Å². The molecule has 0 bridgehead atoms. The van der Waals surface area contributed by atoms with Crippen molar-refractivity contribution in [3.63, 3.8) is 0 Å². The molecule has 0 amide bonds. The zero-order valence-corrected chi connectivity index (χ0v) is 9.63. The van der Waals surface area contributed by atoms with Gasteiger partial charge in [-0.15, -0.1) is 0 Å². The number of hydrogen-bond donors (Lipinski definition) is 2. The Morgan fingerprint density at radius 2 is 2.27 bits per heavy atom. The van der Waals surface area contributed by atoms with Gasteiger partial charge in [-0.05, 0) is 30.4 Å². The summed E-state index contributed by atoms with van der Waals surface area (Å²) in [4.78, 5) is 3.10. The molecule has 2 unspecified atom stereocenters. The van der Waals surface area contributed by atoms with Crippen LogP contribution in [-0.2, 0) is 6.54 Å². The monoisotopic (exact) mass is 206 g/mol. The topological polar surface area (TPSA) is 27.8 Å². The summed E-state index contributed by atoms with van der Waals surface area (Å²) in [6, 6.07) is 2.90. The van der Waals surface area contributed by atoms with Gasteiger partial charge in [0.1, 0.15) is 0 Å². The molecule has 0 aromatic carbocycles. The van der Waals surface area contributed by atoms with Crippen molar-refractivity contribution in [2.75, 3.05) is 0 Å². The van der Waals surface area contributed by atoms with Crippen LogP contribution in [0.5, 0.6) is 0 Å². The van der Waals surface area contributed by atoms with E-state index >= 15 is 0 Å². The van der Waals surface area contributed by atoms with Crippen LogP contribution in [0.4, 0.5) is 0 Å². The van der Waals surface area contributed by atoms with Crippen molar-refractivity contribution in [3.8, 4) is 0 Å². The summed E-state index contributed by atoms with van der Waals surface area (Å²) in [5, 5.41) is 3.70. The SMILES string of the molecule is CCC1CCCCC1NCc1cc[nH]c1. The number of aromatic nitrogens is 1. The second kappa shape index (κ2) is 5.36. The minimum atomic E-state index is 0.749. The van der Waals surface area contributed by atoms with E-state index < -0.39 is 0 Å². The zero-order chi connectivity index (χ0) is 10.5. The van der Waals surface area contributed by atoms with E-state index in [-0.39, 0.29) is 0 Å². The van der Waals surface area contributed by atoms with Gasteiger partial charge in [0.2, 0.25) is 0 Å². The first-order valence-corrected chi connectivity index (χ1v) is 6.25. The van der Waals surface area contributed by atoms with Gasteiger partial charge in [0, 0.05) is 25.0 Å². The van der Waals surface area contributed by atoms with Crippen molar-refractivity contribution in [3.05, 3.63) is 24.0 Å². The first kappa shape index (κ1) is 10.7. The lowest BCUT2D eigenvalue weighted by atomic mass is 9.83. The highest BCUT2D eigenvalue weighted by Gasteiger charge is 2.22. The maximum atomic E-state index is 3.70. The number of aromatic amines is 1. The maximum Gasteiger partial charge on any atom is 0.0223 e. The molecule has 1 aliphatic carbocycles. The van der Waals surface area contributed by atoms with E-state index in [2.05, 4.69) is 29.5 Å². The molecule has 1 aromatic heterocycles. The third-order valence-corrected chi connectivity index (χ3v) is 3.66. The lowest BCUT2D eigenvalue weighted by Crippen LogP contribution is -2.37. The second-order valence-corrected chi connectivity index (χ2v) is 4.66. The molecule has 84 valence electrons. The standard InChI is InChI=1S/C13H22N2/c1-2-12-5-3-4-6-13(12)15-10-11-7-8-14-9-11/h7-9,12-15H,2-6,10H2,1H3. The fourth-order valence-corrected chi connectivity index (χ4v) is 2.68. The summed E-state index contributed by atoms with van der Waals surface area (Å²) >= 11 is 0. The highest BCUT2D eigenvalue weighted by atomic mass is 14.9. The summed E-state index contributed by atoms with van der Waals surface area (Å²) < 4.78 is 0. The minimum Gasteiger partial charge on any atom is -0.367 e. The van der Waals surface area contributed by atoms with Crippen molar-refractivity contribution in [1.29, 1.82) is 0 Å². The summed E-state index contributed by atoms with van der Waals surface area (Å²) in [5.41, 5.74) is 1.37. The Balaban J connectivity index is 1.81. The lowest BCUT2D eigenvalue weighted by Gasteiger charge is -2.31. The number of H-pyrrole nitrogens is 1. The molecule has 0 spiro atoms. The zero-order valence-electron chi connectivity index (χ0n) is 9.63. The molecular formula is C13H22N2. The van der Waals surface area contributed by atoms with Gasteiger partial charge in [-0.3, -0.25) is 0 Å². The average molecular weight is 206 g/mol. The predicted octanol–water partition coefficient (Wildman–Crippen LogP) is 3.07. The van der Waals surface area contributed by atoms with Gasteiger partial charge >= 0.3 is 0 Å². The summed E-state index contributed by atoms with van der Waals surface area (Å²) in [6.45, 7) is 3.34. The Hall–Kier alpha value is -0.760. The van der Waals surface area contributed by atoms with Crippen LogP contribution in [0.2, 0.25) is 0 Å². The normalized spacial score (nSPS) is 26.7. The van der Waals surface area contributed by atoms with Crippen LogP contribution >= 0.6 is 0 Å². The molecule has 1 aliphatic rings. The van der Waals surface area contributed by atoms with Gasteiger partial charge in [-0.1, -0.05) is 26.2 Å². The first-order valence-electron chi connectivity index (χ1n) is 6.25. The van der Waals surface area contributed by atoms with Crippen molar-refractivity contribution >= 4 is 0 Å². The van der Waals surface area contributed by atoms with E-state index in [0.717, 1.165) is 18.5 Å². The molecule has 1 heterocycles. The van der Waals surface area contributed by atoms with E-state index in [0.29, 0.717) is 0 Å². The number of nitrogens with one attached hydrogen (secondary N) is 2. The predicted molar refractivity (Wildman–Crippen MR) is 63.7 cm³/mol. The molecule has 2 N–H and O–H groups in total. The Bertz CT molecular complexity index is 266. The van der Waals surface area contributed by atoms with Crippen molar-refractivity contribution in [2.45, 2.75) is 51.6 Å². The molecule has 2 heteroatoms. The smallest absolute Gasteiger partial charge is 0.0223 e. The molecule has 0 saturated heterocycles. The van der Waals surface area contributed by atoms with Crippen molar-refractivity contribution in [1.82, 2.24) is 10.3 Å².